The highest BCUT2D eigenvalue weighted by Gasteiger charge is 2.16. The number of nitrogens with zero attached hydrogens (tertiary/aromatic N) is 2. The Hall–Kier alpha value is -3.83. The molecule has 2 heterocycles. The third-order valence-corrected chi connectivity index (χ3v) is 5.45. The Balaban J connectivity index is 1.44. The Morgan fingerprint density at radius 1 is 1.25 bits per heavy atom. The van der Waals surface area contributed by atoms with Gasteiger partial charge < -0.3 is 19.5 Å². The minimum atomic E-state index is -0.350. The first kappa shape index (κ1) is 21.4. The van der Waals surface area contributed by atoms with Gasteiger partial charge in [-0.3, -0.25) is 0 Å². The topological polar surface area (TPSA) is 93.5 Å². The van der Waals surface area contributed by atoms with Crippen LogP contribution in [0, 0.1) is 17.2 Å². The van der Waals surface area contributed by atoms with Gasteiger partial charge in [0.2, 0.25) is 6.79 Å². The SMILES string of the molecule is CC(C)COC(=O)c1ccc(NC=C(C#N)c2nc(-c3ccc4c(c3)OCO4)cs2)cc1. The number of benzene rings is 2. The summed E-state index contributed by atoms with van der Waals surface area (Å²) in [5.41, 5.74) is 3.28. The van der Waals surface area contributed by atoms with Gasteiger partial charge in [-0.1, -0.05) is 13.8 Å². The van der Waals surface area contributed by atoms with E-state index >= 15 is 0 Å². The first-order valence-electron chi connectivity index (χ1n) is 10.0. The molecule has 0 amide bonds. The maximum atomic E-state index is 12.0. The van der Waals surface area contributed by atoms with E-state index in [4.69, 9.17) is 14.2 Å². The first-order valence-corrected chi connectivity index (χ1v) is 10.9. The van der Waals surface area contributed by atoms with Crippen molar-refractivity contribution in [3.05, 3.63) is 64.6 Å². The molecule has 0 fully saturated rings. The molecule has 1 aliphatic heterocycles. The maximum Gasteiger partial charge on any atom is 0.338 e. The van der Waals surface area contributed by atoms with Gasteiger partial charge in [-0.05, 0) is 48.4 Å². The lowest BCUT2D eigenvalue weighted by molar-refractivity contribution is 0.0459. The monoisotopic (exact) mass is 447 g/mol. The summed E-state index contributed by atoms with van der Waals surface area (Å²) in [6.45, 7) is 4.57. The normalized spacial score (nSPS) is 12.5. The van der Waals surface area contributed by atoms with Crippen LogP contribution in [0.4, 0.5) is 5.69 Å². The van der Waals surface area contributed by atoms with Crippen molar-refractivity contribution < 1.29 is 19.0 Å². The molecule has 1 N–H and O–H groups in total. The molecular weight excluding hydrogens is 426 g/mol. The number of aromatic nitrogens is 1. The number of anilines is 1. The van der Waals surface area contributed by atoms with E-state index in [9.17, 15) is 10.1 Å². The summed E-state index contributed by atoms with van der Waals surface area (Å²) < 4.78 is 16.0. The molecule has 3 aromatic rings. The van der Waals surface area contributed by atoms with Crippen LogP contribution in [-0.4, -0.2) is 24.4 Å². The van der Waals surface area contributed by atoms with Crippen LogP contribution in [0.3, 0.4) is 0 Å². The highest BCUT2D eigenvalue weighted by Crippen LogP contribution is 2.36. The zero-order valence-electron chi connectivity index (χ0n) is 17.6. The molecule has 162 valence electrons. The molecule has 0 atom stereocenters. The fourth-order valence-electron chi connectivity index (χ4n) is 2.91. The number of ether oxygens (including phenoxy) is 3. The summed E-state index contributed by atoms with van der Waals surface area (Å²) in [6, 6.07) is 14.7. The molecule has 0 bridgehead atoms. The van der Waals surface area contributed by atoms with Crippen molar-refractivity contribution in [2.45, 2.75) is 13.8 Å². The molecule has 1 aromatic heterocycles. The van der Waals surface area contributed by atoms with Crippen LogP contribution in [-0.2, 0) is 4.74 Å². The molecule has 4 rings (SSSR count). The second kappa shape index (κ2) is 9.54. The fraction of sp³-hybridized carbons (Fsp3) is 0.208. The van der Waals surface area contributed by atoms with Crippen LogP contribution in [0.5, 0.6) is 11.5 Å². The van der Waals surface area contributed by atoms with Crippen molar-refractivity contribution in [2.75, 3.05) is 18.7 Å². The number of hydrogen-bond acceptors (Lipinski definition) is 8. The molecule has 0 unspecified atom stereocenters. The van der Waals surface area contributed by atoms with Gasteiger partial charge in [-0.25, -0.2) is 9.78 Å². The quantitative estimate of drug-likeness (QED) is 0.386. The standard InChI is InChI=1S/C24H21N3O4S/c1-15(2)12-29-24(28)16-3-6-19(7-4-16)26-11-18(10-25)23-27-20(13-32-23)17-5-8-21-22(9-17)31-14-30-21/h3-9,11,13,15,26H,12,14H2,1-2H3. The molecule has 0 saturated carbocycles. The van der Waals surface area contributed by atoms with E-state index in [1.165, 1.54) is 11.3 Å². The number of thiazole rings is 1. The summed E-state index contributed by atoms with van der Waals surface area (Å²) in [6.07, 6.45) is 1.61. The number of carbonyl (C=O) groups excluding carboxylic acids is 1. The Morgan fingerprint density at radius 3 is 2.78 bits per heavy atom. The van der Waals surface area contributed by atoms with E-state index in [0.717, 1.165) is 16.9 Å². The number of carbonyl (C=O) groups is 1. The summed E-state index contributed by atoms with van der Waals surface area (Å²) in [5.74, 6) is 1.33. The van der Waals surface area contributed by atoms with Crippen LogP contribution in [0.1, 0.15) is 29.2 Å². The van der Waals surface area contributed by atoms with Gasteiger partial charge in [0.25, 0.3) is 0 Å². The van der Waals surface area contributed by atoms with Crippen LogP contribution >= 0.6 is 11.3 Å². The summed E-state index contributed by atoms with van der Waals surface area (Å²) in [5, 5.41) is 15.2. The van der Waals surface area contributed by atoms with Crippen LogP contribution < -0.4 is 14.8 Å². The number of fused-ring (bicyclic) bond motifs is 1. The largest absolute Gasteiger partial charge is 0.462 e. The number of nitrogens with one attached hydrogen (secondary N) is 1. The number of esters is 1. The van der Waals surface area contributed by atoms with E-state index in [2.05, 4.69) is 16.4 Å². The average molecular weight is 448 g/mol. The van der Waals surface area contributed by atoms with Gasteiger partial charge in [0.05, 0.1) is 17.9 Å². The number of rotatable bonds is 7. The van der Waals surface area contributed by atoms with E-state index in [-0.39, 0.29) is 18.7 Å². The third-order valence-electron chi connectivity index (χ3n) is 4.57. The number of allylic oxidation sites excluding steroid dienone is 1. The lowest BCUT2D eigenvalue weighted by Crippen LogP contribution is -2.10. The summed E-state index contributed by atoms with van der Waals surface area (Å²) in [7, 11) is 0. The minimum Gasteiger partial charge on any atom is -0.462 e. The third kappa shape index (κ3) is 4.90. The van der Waals surface area contributed by atoms with Gasteiger partial charge in [-0.2, -0.15) is 5.26 Å². The minimum absolute atomic E-state index is 0.216. The van der Waals surface area contributed by atoms with Crippen LogP contribution in [0.15, 0.2) is 54.0 Å². The summed E-state index contributed by atoms with van der Waals surface area (Å²) >= 11 is 1.38. The van der Waals surface area contributed by atoms with Crippen molar-refractivity contribution >= 4 is 28.6 Å². The molecule has 0 spiro atoms. The smallest absolute Gasteiger partial charge is 0.338 e. The Morgan fingerprint density at radius 2 is 2.03 bits per heavy atom. The Bertz CT molecular complexity index is 1190. The molecule has 0 saturated heterocycles. The number of hydrogen-bond donors (Lipinski definition) is 1. The van der Waals surface area contributed by atoms with E-state index in [1.807, 2.05) is 37.4 Å². The van der Waals surface area contributed by atoms with Gasteiger partial charge >= 0.3 is 5.97 Å². The second-order valence-electron chi connectivity index (χ2n) is 7.49. The van der Waals surface area contributed by atoms with Crippen molar-refractivity contribution in [3.63, 3.8) is 0 Å². The fourth-order valence-corrected chi connectivity index (χ4v) is 3.71. The highest BCUT2D eigenvalue weighted by atomic mass is 32.1. The molecule has 0 radical (unpaired) electrons. The van der Waals surface area contributed by atoms with Crippen molar-refractivity contribution in [1.82, 2.24) is 4.98 Å². The Labute approximate surface area is 189 Å². The van der Waals surface area contributed by atoms with Gasteiger partial charge in [-0.15, -0.1) is 11.3 Å². The Kier molecular flexibility index (Phi) is 6.38. The molecular formula is C24H21N3O4S. The predicted octanol–water partition coefficient (Wildman–Crippen LogP) is 5.33. The van der Waals surface area contributed by atoms with E-state index < -0.39 is 0 Å². The van der Waals surface area contributed by atoms with Crippen molar-refractivity contribution in [3.8, 4) is 28.8 Å². The molecule has 32 heavy (non-hydrogen) atoms. The lowest BCUT2D eigenvalue weighted by Gasteiger charge is -2.07. The molecule has 7 nitrogen and oxygen atoms in total. The molecule has 1 aliphatic rings. The van der Waals surface area contributed by atoms with E-state index in [1.54, 1.807) is 30.5 Å². The first-order chi connectivity index (χ1) is 15.5. The van der Waals surface area contributed by atoms with Crippen LogP contribution in [0.25, 0.3) is 16.8 Å². The summed E-state index contributed by atoms with van der Waals surface area (Å²) in [4.78, 5) is 16.6. The van der Waals surface area contributed by atoms with Crippen molar-refractivity contribution in [2.24, 2.45) is 5.92 Å². The molecule has 8 heteroatoms. The average Bonchev–Trinajstić information content (AvgIpc) is 3.47. The lowest BCUT2D eigenvalue weighted by atomic mass is 10.1. The van der Waals surface area contributed by atoms with Crippen LogP contribution in [0.2, 0.25) is 0 Å². The second-order valence-corrected chi connectivity index (χ2v) is 8.35. The van der Waals surface area contributed by atoms with E-state index in [0.29, 0.717) is 34.3 Å². The van der Waals surface area contributed by atoms with Gasteiger partial charge in [0.1, 0.15) is 16.6 Å². The maximum absolute atomic E-state index is 12.0. The number of nitriles is 1. The van der Waals surface area contributed by atoms with Crippen molar-refractivity contribution in [1.29, 1.82) is 5.26 Å². The van der Waals surface area contributed by atoms with Gasteiger partial charge in [0, 0.05) is 22.8 Å². The highest BCUT2D eigenvalue weighted by molar-refractivity contribution is 7.11. The molecule has 0 aliphatic carbocycles. The molecule has 2 aromatic carbocycles. The zero-order valence-corrected chi connectivity index (χ0v) is 18.4. The predicted molar refractivity (Wildman–Crippen MR) is 122 cm³/mol. The zero-order chi connectivity index (χ0) is 22.5. The van der Waals surface area contributed by atoms with Gasteiger partial charge in [0.15, 0.2) is 11.5 Å².